The second-order valence-electron chi connectivity index (χ2n) is 6.13. The summed E-state index contributed by atoms with van der Waals surface area (Å²) in [5.74, 6) is 1.44. The minimum Gasteiger partial charge on any atom is -0.337 e. The molecule has 2 aliphatic rings. The zero-order valence-corrected chi connectivity index (χ0v) is 11.8. The standard InChI is InChI=1S/C16H22N2O2/c19-15-8-4-7-14(17-15)16(20)18-10-9-13(11-18)12-5-2-1-3-6-12/h4,7-8,12-13H,1-3,5-6,9-11H2,(H,17,19)/t13-/m1/s1. The van der Waals surface area contributed by atoms with Gasteiger partial charge in [-0.1, -0.05) is 38.2 Å². The van der Waals surface area contributed by atoms with Crippen LogP contribution in [0, 0.1) is 11.8 Å². The lowest BCUT2D eigenvalue weighted by atomic mass is 9.80. The smallest absolute Gasteiger partial charge is 0.270 e. The molecular formula is C16H22N2O2. The Bertz CT molecular complexity index is 531. The van der Waals surface area contributed by atoms with Crippen LogP contribution in [0.2, 0.25) is 0 Å². The van der Waals surface area contributed by atoms with Crippen LogP contribution in [0.3, 0.4) is 0 Å². The lowest BCUT2D eigenvalue weighted by molar-refractivity contribution is 0.0773. The second kappa shape index (κ2) is 5.81. The highest BCUT2D eigenvalue weighted by Gasteiger charge is 2.32. The van der Waals surface area contributed by atoms with Crippen LogP contribution >= 0.6 is 0 Å². The summed E-state index contributed by atoms with van der Waals surface area (Å²) in [7, 11) is 0. The minimum absolute atomic E-state index is 0.0268. The maximum atomic E-state index is 12.4. The van der Waals surface area contributed by atoms with Gasteiger partial charge in [-0.3, -0.25) is 9.59 Å². The van der Waals surface area contributed by atoms with Gasteiger partial charge in [0.25, 0.3) is 5.91 Å². The first-order valence-electron chi connectivity index (χ1n) is 7.72. The van der Waals surface area contributed by atoms with Gasteiger partial charge >= 0.3 is 0 Å². The molecule has 0 spiro atoms. The topological polar surface area (TPSA) is 53.2 Å². The molecule has 1 saturated heterocycles. The number of carbonyl (C=O) groups is 1. The molecule has 1 aliphatic heterocycles. The Morgan fingerprint density at radius 3 is 2.65 bits per heavy atom. The van der Waals surface area contributed by atoms with E-state index in [1.807, 2.05) is 4.90 Å². The molecular weight excluding hydrogens is 252 g/mol. The molecule has 2 heterocycles. The Hall–Kier alpha value is -1.58. The molecule has 0 radical (unpaired) electrons. The van der Waals surface area contributed by atoms with Gasteiger partial charge in [0.1, 0.15) is 5.69 Å². The van der Waals surface area contributed by atoms with E-state index in [-0.39, 0.29) is 11.5 Å². The van der Waals surface area contributed by atoms with Crippen LogP contribution in [0.15, 0.2) is 23.0 Å². The fourth-order valence-electron chi connectivity index (χ4n) is 3.71. The molecule has 0 bridgehead atoms. The summed E-state index contributed by atoms with van der Waals surface area (Å²) >= 11 is 0. The van der Waals surface area contributed by atoms with Crippen molar-refractivity contribution in [2.45, 2.75) is 38.5 Å². The molecule has 1 amide bonds. The van der Waals surface area contributed by atoms with Crippen molar-refractivity contribution in [2.24, 2.45) is 11.8 Å². The fraction of sp³-hybridized carbons (Fsp3) is 0.625. The van der Waals surface area contributed by atoms with Gasteiger partial charge in [0, 0.05) is 19.2 Å². The maximum Gasteiger partial charge on any atom is 0.270 e. The predicted octanol–water partition coefficient (Wildman–Crippen LogP) is 2.42. The van der Waals surface area contributed by atoms with E-state index < -0.39 is 0 Å². The van der Waals surface area contributed by atoms with Crippen molar-refractivity contribution in [3.8, 4) is 0 Å². The molecule has 1 aliphatic carbocycles. The van der Waals surface area contributed by atoms with Crippen LogP contribution in [-0.2, 0) is 0 Å². The number of hydrogen-bond donors (Lipinski definition) is 1. The molecule has 2 fully saturated rings. The summed E-state index contributed by atoms with van der Waals surface area (Å²) in [5, 5.41) is 0. The SMILES string of the molecule is O=C(c1cccc(=O)[nH]1)N1CC[C@@H](C2CCCCC2)C1. The monoisotopic (exact) mass is 274 g/mol. The molecule has 0 unspecified atom stereocenters. The average Bonchev–Trinajstić information content (AvgIpc) is 2.97. The van der Waals surface area contributed by atoms with Crippen molar-refractivity contribution in [2.75, 3.05) is 13.1 Å². The number of nitrogens with one attached hydrogen (secondary N) is 1. The number of rotatable bonds is 2. The number of carbonyl (C=O) groups excluding carboxylic acids is 1. The van der Waals surface area contributed by atoms with E-state index in [1.54, 1.807) is 12.1 Å². The molecule has 1 aromatic heterocycles. The molecule has 4 heteroatoms. The summed E-state index contributed by atoms with van der Waals surface area (Å²) in [4.78, 5) is 28.2. The van der Waals surface area contributed by atoms with Gasteiger partial charge in [-0.25, -0.2) is 0 Å². The fourth-order valence-corrected chi connectivity index (χ4v) is 3.71. The normalized spacial score (nSPS) is 24.0. The zero-order chi connectivity index (χ0) is 13.9. The van der Waals surface area contributed by atoms with Crippen LogP contribution < -0.4 is 5.56 Å². The second-order valence-corrected chi connectivity index (χ2v) is 6.13. The van der Waals surface area contributed by atoms with Crippen LogP contribution in [0.1, 0.15) is 49.0 Å². The van der Waals surface area contributed by atoms with Crippen molar-refractivity contribution in [1.29, 1.82) is 0 Å². The first-order chi connectivity index (χ1) is 9.74. The molecule has 3 rings (SSSR count). The van der Waals surface area contributed by atoms with Crippen molar-refractivity contribution in [1.82, 2.24) is 9.88 Å². The first-order valence-corrected chi connectivity index (χ1v) is 7.72. The van der Waals surface area contributed by atoms with Crippen LogP contribution in [0.5, 0.6) is 0 Å². The summed E-state index contributed by atoms with van der Waals surface area (Å²) in [6, 6.07) is 4.77. The van der Waals surface area contributed by atoms with Crippen molar-refractivity contribution < 1.29 is 4.79 Å². The van der Waals surface area contributed by atoms with E-state index >= 15 is 0 Å². The summed E-state index contributed by atoms with van der Waals surface area (Å²) in [5.41, 5.74) is 0.209. The molecule has 1 atom stereocenters. The van der Waals surface area contributed by atoms with E-state index in [0.29, 0.717) is 11.6 Å². The number of nitrogens with zero attached hydrogens (tertiary/aromatic N) is 1. The number of aromatic nitrogens is 1. The summed E-state index contributed by atoms with van der Waals surface area (Å²) in [6.45, 7) is 1.69. The van der Waals surface area contributed by atoms with Gasteiger partial charge in [-0.05, 0) is 24.3 Å². The molecule has 1 aromatic rings. The van der Waals surface area contributed by atoms with Crippen LogP contribution in [0.25, 0.3) is 0 Å². The third-order valence-corrected chi connectivity index (χ3v) is 4.83. The largest absolute Gasteiger partial charge is 0.337 e. The third-order valence-electron chi connectivity index (χ3n) is 4.83. The van der Waals surface area contributed by atoms with E-state index in [1.165, 1.54) is 38.2 Å². The number of H-pyrrole nitrogens is 1. The molecule has 1 N–H and O–H groups in total. The highest BCUT2D eigenvalue weighted by Crippen LogP contribution is 2.35. The number of aromatic amines is 1. The van der Waals surface area contributed by atoms with Crippen molar-refractivity contribution in [3.63, 3.8) is 0 Å². The van der Waals surface area contributed by atoms with E-state index in [2.05, 4.69) is 4.98 Å². The highest BCUT2D eigenvalue weighted by atomic mass is 16.2. The number of likely N-dealkylation sites (tertiary alicyclic amines) is 1. The lowest BCUT2D eigenvalue weighted by Gasteiger charge is -2.27. The lowest BCUT2D eigenvalue weighted by Crippen LogP contribution is -2.31. The quantitative estimate of drug-likeness (QED) is 0.900. The Morgan fingerprint density at radius 2 is 1.90 bits per heavy atom. The van der Waals surface area contributed by atoms with E-state index in [4.69, 9.17) is 0 Å². The van der Waals surface area contributed by atoms with Crippen molar-refractivity contribution >= 4 is 5.91 Å². The number of pyridine rings is 1. The molecule has 4 nitrogen and oxygen atoms in total. The Balaban J connectivity index is 1.64. The van der Waals surface area contributed by atoms with Gasteiger partial charge < -0.3 is 9.88 Å². The molecule has 20 heavy (non-hydrogen) atoms. The third kappa shape index (κ3) is 2.79. The van der Waals surface area contributed by atoms with Crippen molar-refractivity contribution in [3.05, 3.63) is 34.2 Å². The summed E-state index contributed by atoms with van der Waals surface area (Å²) in [6.07, 6.45) is 7.84. The Labute approximate surface area is 119 Å². The van der Waals surface area contributed by atoms with Gasteiger partial charge in [0.2, 0.25) is 5.56 Å². The van der Waals surface area contributed by atoms with Crippen LogP contribution in [-0.4, -0.2) is 28.9 Å². The Morgan fingerprint density at radius 1 is 1.10 bits per heavy atom. The maximum absolute atomic E-state index is 12.4. The first kappa shape index (κ1) is 13.4. The predicted molar refractivity (Wildman–Crippen MR) is 77.6 cm³/mol. The summed E-state index contributed by atoms with van der Waals surface area (Å²) < 4.78 is 0. The number of amides is 1. The highest BCUT2D eigenvalue weighted by molar-refractivity contribution is 5.92. The van der Waals surface area contributed by atoms with E-state index in [9.17, 15) is 9.59 Å². The molecule has 1 saturated carbocycles. The van der Waals surface area contributed by atoms with Gasteiger partial charge in [0.05, 0.1) is 0 Å². The number of hydrogen-bond acceptors (Lipinski definition) is 2. The van der Waals surface area contributed by atoms with E-state index in [0.717, 1.165) is 25.4 Å². The Kier molecular flexibility index (Phi) is 3.90. The molecule has 108 valence electrons. The zero-order valence-electron chi connectivity index (χ0n) is 11.8. The average molecular weight is 274 g/mol. The minimum atomic E-state index is -0.209. The van der Waals surface area contributed by atoms with Crippen LogP contribution in [0.4, 0.5) is 0 Å². The molecule has 0 aromatic carbocycles. The van der Waals surface area contributed by atoms with Gasteiger partial charge in [-0.15, -0.1) is 0 Å². The van der Waals surface area contributed by atoms with Gasteiger partial charge in [0.15, 0.2) is 0 Å². The van der Waals surface area contributed by atoms with Gasteiger partial charge in [-0.2, -0.15) is 0 Å².